The van der Waals surface area contributed by atoms with Crippen molar-refractivity contribution in [3.63, 3.8) is 0 Å². The number of amides is 1. The van der Waals surface area contributed by atoms with Crippen LogP contribution in [-0.2, 0) is 14.8 Å². The van der Waals surface area contributed by atoms with Gasteiger partial charge in [-0.1, -0.05) is 42.6 Å². The SMILES string of the molecule is Cc1nc(SCC(=O)Nc2ccc(Cl)c(S(=O)(=O)N(C)C)c2)n(C2CCCCC2)c1C. The Balaban J connectivity index is 1.71. The number of aryl methyl sites for hydroxylation is 1. The van der Waals surface area contributed by atoms with Crippen molar-refractivity contribution in [1.82, 2.24) is 13.9 Å². The molecule has 1 amide bonds. The number of rotatable bonds is 7. The third-order valence-electron chi connectivity index (χ3n) is 5.60. The van der Waals surface area contributed by atoms with Gasteiger partial charge in [0.25, 0.3) is 0 Å². The smallest absolute Gasteiger partial charge is 0.244 e. The molecule has 7 nitrogen and oxygen atoms in total. The number of sulfonamides is 1. The monoisotopic (exact) mass is 484 g/mol. The molecule has 1 N–H and O–H groups in total. The van der Waals surface area contributed by atoms with Crippen LogP contribution < -0.4 is 5.32 Å². The van der Waals surface area contributed by atoms with E-state index < -0.39 is 10.0 Å². The standard InChI is InChI=1S/C21H29ClN4O3S2/c1-14-15(2)26(17-8-6-5-7-9-17)21(23-14)30-13-20(27)24-16-10-11-18(22)19(12-16)31(28,29)25(3)4/h10-12,17H,5-9,13H2,1-4H3,(H,24,27). The van der Waals surface area contributed by atoms with Gasteiger partial charge in [-0.2, -0.15) is 0 Å². The zero-order chi connectivity index (χ0) is 22.8. The molecule has 1 aliphatic carbocycles. The van der Waals surface area contributed by atoms with Gasteiger partial charge in [0, 0.05) is 31.5 Å². The molecule has 170 valence electrons. The Bertz CT molecular complexity index is 1060. The first-order valence-corrected chi connectivity index (χ1v) is 13.1. The van der Waals surface area contributed by atoms with Gasteiger partial charge in [-0.05, 0) is 44.9 Å². The lowest BCUT2D eigenvalue weighted by atomic mass is 9.95. The van der Waals surface area contributed by atoms with Crippen molar-refractivity contribution in [2.24, 2.45) is 0 Å². The fourth-order valence-electron chi connectivity index (χ4n) is 3.77. The van der Waals surface area contributed by atoms with Crippen molar-refractivity contribution >= 4 is 45.0 Å². The van der Waals surface area contributed by atoms with Gasteiger partial charge < -0.3 is 9.88 Å². The quantitative estimate of drug-likeness (QED) is 0.578. The zero-order valence-electron chi connectivity index (χ0n) is 18.3. The van der Waals surface area contributed by atoms with E-state index in [-0.39, 0.29) is 21.6 Å². The second-order valence-corrected chi connectivity index (χ2v) is 11.5. The first-order chi connectivity index (χ1) is 14.6. The number of hydrogen-bond acceptors (Lipinski definition) is 5. The Morgan fingerprint density at radius 3 is 2.58 bits per heavy atom. The third kappa shape index (κ3) is 5.45. The van der Waals surface area contributed by atoms with Crippen LogP contribution in [0.4, 0.5) is 5.69 Å². The summed E-state index contributed by atoms with van der Waals surface area (Å²) in [6.45, 7) is 4.08. The van der Waals surface area contributed by atoms with Gasteiger partial charge in [-0.25, -0.2) is 17.7 Å². The second kappa shape index (κ2) is 9.94. The predicted molar refractivity (Wildman–Crippen MR) is 126 cm³/mol. The molecule has 0 aliphatic heterocycles. The summed E-state index contributed by atoms with van der Waals surface area (Å²) in [5, 5.41) is 3.75. The molecule has 1 saturated carbocycles. The predicted octanol–water partition coefficient (Wildman–Crippen LogP) is 4.64. The normalized spacial score (nSPS) is 15.4. The molecule has 0 saturated heterocycles. The molecule has 0 unspecified atom stereocenters. The lowest BCUT2D eigenvalue weighted by Gasteiger charge is -2.26. The summed E-state index contributed by atoms with van der Waals surface area (Å²) in [6, 6.07) is 4.90. The number of thioether (sulfide) groups is 1. The van der Waals surface area contributed by atoms with Crippen LogP contribution in [0.3, 0.4) is 0 Å². The van der Waals surface area contributed by atoms with Crippen molar-refractivity contribution in [2.45, 2.75) is 62.0 Å². The topological polar surface area (TPSA) is 84.3 Å². The van der Waals surface area contributed by atoms with Gasteiger partial charge in [0.05, 0.1) is 16.5 Å². The van der Waals surface area contributed by atoms with Crippen molar-refractivity contribution < 1.29 is 13.2 Å². The lowest BCUT2D eigenvalue weighted by molar-refractivity contribution is -0.113. The fraction of sp³-hybridized carbons (Fsp3) is 0.524. The Hall–Kier alpha value is -1.55. The van der Waals surface area contributed by atoms with Crippen LogP contribution in [0.1, 0.15) is 49.5 Å². The molecular formula is C21H29ClN4O3S2. The first-order valence-electron chi connectivity index (χ1n) is 10.3. The summed E-state index contributed by atoms with van der Waals surface area (Å²) < 4.78 is 28.3. The number of aromatic nitrogens is 2. The molecule has 1 heterocycles. The summed E-state index contributed by atoms with van der Waals surface area (Å²) in [4.78, 5) is 17.2. The van der Waals surface area contributed by atoms with Crippen molar-refractivity contribution in [3.05, 3.63) is 34.6 Å². The summed E-state index contributed by atoms with van der Waals surface area (Å²) in [6.07, 6.45) is 6.01. The molecular weight excluding hydrogens is 456 g/mol. The Kier molecular flexibility index (Phi) is 7.72. The molecule has 1 aromatic heterocycles. The van der Waals surface area contributed by atoms with E-state index in [1.807, 2.05) is 6.92 Å². The highest BCUT2D eigenvalue weighted by atomic mass is 35.5. The number of imidazole rings is 1. The van der Waals surface area contributed by atoms with Crippen LogP contribution in [0.2, 0.25) is 5.02 Å². The van der Waals surface area contributed by atoms with Crippen LogP contribution in [0.25, 0.3) is 0 Å². The number of hydrogen-bond donors (Lipinski definition) is 1. The highest BCUT2D eigenvalue weighted by molar-refractivity contribution is 7.99. The molecule has 1 aromatic carbocycles. The third-order valence-corrected chi connectivity index (χ3v) is 8.85. The van der Waals surface area contributed by atoms with E-state index in [2.05, 4.69) is 21.8 Å². The minimum Gasteiger partial charge on any atom is -0.325 e. The largest absolute Gasteiger partial charge is 0.325 e. The molecule has 0 bridgehead atoms. The Morgan fingerprint density at radius 2 is 1.94 bits per heavy atom. The minimum atomic E-state index is -3.71. The molecule has 1 fully saturated rings. The Morgan fingerprint density at radius 1 is 1.26 bits per heavy atom. The number of carbonyl (C=O) groups is 1. The van der Waals surface area contributed by atoms with E-state index >= 15 is 0 Å². The molecule has 0 spiro atoms. The number of benzene rings is 1. The number of carbonyl (C=O) groups excluding carboxylic acids is 1. The minimum absolute atomic E-state index is 0.0382. The first kappa shape index (κ1) is 24.1. The van der Waals surface area contributed by atoms with E-state index in [1.54, 1.807) is 6.07 Å². The van der Waals surface area contributed by atoms with E-state index in [9.17, 15) is 13.2 Å². The van der Waals surface area contributed by atoms with E-state index in [0.29, 0.717) is 11.7 Å². The van der Waals surface area contributed by atoms with E-state index in [0.717, 1.165) is 33.7 Å². The van der Waals surface area contributed by atoms with Gasteiger partial charge >= 0.3 is 0 Å². The average Bonchev–Trinajstić information content (AvgIpc) is 3.02. The Labute approximate surface area is 193 Å². The van der Waals surface area contributed by atoms with Crippen LogP contribution in [0, 0.1) is 13.8 Å². The van der Waals surface area contributed by atoms with Gasteiger partial charge in [0.15, 0.2) is 5.16 Å². The summed E-state index contributed by atoms with van der Waals surface area (Å²) in [7, 11) is -0.837. The maximum absolute atomic E-state index is 12.6. The van der Waals surface area contributed by atoms with Crippen molar-refractivity contribution in [3.8, 4) is 0 Å². The van der Waals surface area contributed by atoms with Crippen molar-refractivity contribution in [1.29, 1.82) is 0 Å². The van der Waals surface area contributed by atoms with Gasteiger partial charge in [-0.3, -0.25) is 4.79 Å². The number of nitrogens with zero attached hydrogens (tertiary/aromatic N) is 3. The molecule has 0 radical (unpaired) electrons. The maximum atomic E-state index is 12.6. The van der Waals surface area contributed by atoms with Gasteiger partial charge in [0.2, 0.25) is 15.9 Å². The van der Waals surface area contributed by atoms with Crippen molar-refractivity contribution in [2.75, 3.05) is 25.2 Å². The molecule has 1 aliphatic rings. The molecule has 0 atom stereocenters. The number of anilines is 1. The van der Waals surface area contributed by atoms with Gasteiger partial charge in [0.1, 0.15) is 4.90 Å². The van der Waals surface area contributed by atoms with Gasteiger partial charge in [-0.15, -0.1) is 0 Å². The lowest BCUT2D eigenvalue weighted by Crippen LogP contribution is -2.23. The summed E-state index contributed by atoms with van der Waals surface area (Å²) >= 11 is 7.49. The highest BCUT2D eigenvalue weighted by Gasteiger charge is 2.23. The number of halogens is 1. The summed E-state index contributed by atoms with van der Waals surface area (Å²) in [5.41, 5.74) is 2.54. The molecule has 2 aromatic rings. The van der Waals surface area contributed by atoms with E-state index in [4.69, 9.17) is 11.6 Å². The molecule has 31 heavy (non-hydrogen) atoms. The molecule has 3 rings (SSSR count). The highest BCUT2D eigenvalue weighted by Crippen LogP contribution is 2.34. The molecule has 10 heteroatoms. The van der Waals surface area contributed by atoms with Crippen LogP contribution in [-0.4, -0.2) is 48.0 Å². The summed E-state index contributed by atoms with van der Waals surface area (Å²) in [5.74, 6) is -0.0462. The fourth-order valence-corrected chi connectivity index (χ4v) is 6.12. The van der Waals surface area contributed by atoms with Crippen LogP contribution in [0.15, 0.2) is 28.3 Å². The zero-order valence-corrected chi connectivity index (χ0v) is 20.7. The second-order valence-electron chi connectivity index (χ2n) is 8.00. The number of nitrogens with one attached hydrogen (secondary N) is 1. The van der Waals surface area contributed by atoms with Crippen LogP contribution >= 0.6 is 23.4 Å². The van der Waals surface area contributed by atoms with Crippen LogP contribution in [0.5, 0.6) is 0 Å². The maximum Gasteiger partial charge on any atom is 0.244 e. The average molecular weight is 485 g/mol. The van der Waals surface area contributed by atoms with E-state index in [1.165, 1.54) is 57.3 Å².